The van der Waals surface area contributed by atoms with Crippen LogP contribution in [0.3, 0.4) is 0 Å². The molecule has 5 nitrogen and oxygen atoms in total. The summed E-state index contributed by atoms with van der Waals surface area (Å²) in [6, 6.07) is 4.86. The Morgan fingerprint density at radius 2 is 2.26 bits per heavy atom. The molecule has 1 aromatic carbocycles. The number of hydrogen-bond acceptors (Lipinski definition) is 3. The Hall–Kier alpha value is -2.04. The van der Waals surface area contributed by atoms with Gasteiger partial charge in [-0.05, 0) is 30.5 Å². The summed E-state index contributed by atoms with van der Waals surface area (Å²) in [6.07, 6.45) is 1.62. The van der Waals surface area contributed by atoms with E-state index in [1.165, 1.54) is 7.11 Å². The lowest BCUT2D eigenvalue weighted by Crippen LogP contribution is -2.46. The number of carbonyl (C=O) groups excluding carboxylic acids is 1. The van der Waals surface area contributed by atoms with Gasteiger partial charge < -0.3 is 14.7 Å². The largest absolute Gasteiger partial charge is 0.497 e. The maximum Gasteiger partial charge on any atom is 0.313 e. The molecule has 19 heavy (non-hydrogen) atoms. The van der Waals surface area contributed by atoms with E-state index in [0.717, 1.165) is 12.8 Å². The SMILES string of the molecule is COc1ccc2c(c1)C(=O)N1CCC[C@@H]1[C@@H]2C(=O)O. The molecule has 0 aromatic heterocycles. The van der Waals surface area contributed by atoms with Crippen molar-refractivity contribution in [3.8, 4) is 5.75 Å². The highest BCUT2D eigenvalue weighted by molar-refractivity contribution is 6.00. The molecule has 2 aliphatic rings. The zero-order valence-corrected chi connectivity index (χ0v) is 10.6. The molecule has 0 unspecified atom stereocenters. The quantitative estimate of drug-likeness (QED) is 0.875. The molecule has 0 spiro atoms. The van der Waals surface area contributed by atoms with Gasteiger partial charge in [-0.15, -0.1) is 0 Å². The first-order valence-electron chi connectivity index (χ1n) is 6.35. The Labute approximate surface area is 110 Å². The van der Waals surface area contributed by atoms with Gasteiger partial charge in [0.2, 0.25) is 0 Å². The van der Waals surface area contributed by atoms with Gasteiger partial charge in [-0.25, -0.2) is 0 Å². The summed E-state index contributed by atoms with van der Waals surface area (Å²) in [5.41, 5.74) is 1.08. The van der Waals surface area contributed by atoms with Gasteiger partial charge in [0.1, 0.15) is 11.7 Å². The minimum atomic E-state index is -0.865. The van der Waals surface area contributed by atoms with Gasteiger partial charge in [0.05, 0.1) is 7.11 Å². The lowest BCUT2D eigenvalue weighted by molar-refractivity contribution is -0.140. The van der Waals surface area contributed by atoms with E-state index < -0.39 is 11.9 Å². The summed E-state index contributed by atoms with van der Waals surface area (Å²) < 4.78 is 5.12. The molecule has 0 aliphatic carbocycles. The Bertz CT molecular complexity index is 554. The first kappa shape index (κ1) is 12.0. The van der Waals surface area contributed by atoms with E-state index in [2.05, 4.69) is 0 Å². The Morgan fingerprint density at radius 1 is 1.47 bits per heavy atom. The number of rotatable bonds is 2. The van der Waals surface area contributed by atoms with Crippen LogP contribution in [0.5, 0.6) is 5.75 Å². The summed E-state index contributed by atoms with van der Waals surface area (Å²) in [5.74, 6) is -0.986. The number of ether oxygens (including phenoxy) is 1. The Morgan fingerprint density at radius 3 is 2.95 bits per heavy atom. The van der Waals surface area contributed by atoms with E-state index in [-0.39, 0.29) is 11.9 Å². The average molecular weight is 261 g/mol. The lowest BCUT2D eigenvalue weighted by atomic mass is 9.83. The number of carbonyl (C=O) groups is 2. The van der Waals surface area contributed by atoms with E-state index in [1.54, 1.807) is 23.1 Å². The van der Waals surface area contributed by atoms with E-state index >= 15 is 0 Å². The minimum Gasteiger partial charge on any atom is -0.497 e. The average Bonchev–Trinajstić information content (AvgIpc) is 2.87. The molecule has 1 saturated heterocycles. The number of nitrogens with zero attached hydrogens (tertiary/aromatic N) is 1. The van der Waals surface area contributed by atoms with Crippen LogP contribution in [0.1, 0.15) is 34.7 Å². The number of aliphatic carboxylic acids is 1. The van der Waals surface area contributed by atoms with Crippen molar-refractivity contribution in [2.24, 2.45) is 0 Å². The summed E-state index contributed by atoms with van der Waals surface area (Å²) >= 11 is 0. The third-order valence-corrected chi connectivity index (χ3v) is 4.04. The molecule has 1 aromatic rings. The van der Waals surface area contributed by atoms with Crippen molar-refractivity contribution in [3.63, 3.8) is 0 Å². The van der Waals surface area contributed by atoms with Gasteiger partial charge in [-0.1, -0.05) is 6.07 Å². The molecule has 2 atom stereocenters. The van der Waals surface area contributed by atoms with Crippen LogP contribution in [0.4, 0.5) is 0 Å². The van der Waals surface area contributed by atoms with Crippen LogP contribution in [0.15, 0.2) is 18.2 Å². The maximum absolute atomic E-state index is 12.4. The summed E-state index contributed by atoms with van der Waals surface area (Å²) in [5, 5.41) is 9.48. The molecule has 100 valence electrons. The normalized spacial score (nSPS) is 24.9. The van der Waals surface area contributed by atoms with Crippen molar-refractivity contribution in [3.05, 3.63) is 29.3 Å². The topological polar surface area (TPSA) is 66.8 Å². The fraction of sp³-hybridized carbons (Fsp3) is 0.429. The van der Waals surface area contributed by atoms with Gasteiger partial charge in [-0.3, -0.25) is 9.59 Å². The van der Waals surface area contributed by atoms with Gasteiger partial charge in [-0.2, -0.15) is 0 Å². The van der Waals surface area contributed by atoms with E-state index in [1.807, 2.05) is 0 Å². The summed E-state index contributed by atoms with van der Waals surface area (Å²) in [4.78, 5) is 25.7. The van der Waals surface area contributed by atoms with Crippen LogP contribution in [0, 0.1) is 0 Å². The third-order valence-electron chi connectivity index (χ3n) is 4.04. The Balaban J connectivity index is 2.16. The number of methoxy groups -OCH3 is 1. The van der Waals surface area contributed by atoms with E-state index in [0.29, 0.717) is 23.4 Å². The molecule has 2 heterocycles. The highest BCUT2D eigenvalue weighted by Crippen LogP contribution is 2.40. The molecule has 1 fully saturated rings. The molecular formula is C14H15NO4. The van der Waals surface area contributed by atoms with Gasteiger partial charge in [0, 0.05) is 18.2 Å². The van der Waals surface area contributed by atoms with Crippen LogP contribution in [-0.2, 0) is 4.79 Å². The standard InChI is InChI=1S/C14H15NO4/c1-19-8-4-5-9-10(7-8)13(16)15-6-2-3-11(15)12(9)14(17)18/h4-5,7,11-12H,2-3,6H2,1H3,(H,17,18)/t11-,12-/m1/s1. The van der Waals surface area contributed by atoms with Crippen LogP contribution in [-0.4, -0.2) is 41.6 Å². The fourth-order valence-corrected chi connectivity index (χ4v) is 3.17. The number of fused-ring (bicyclic) bond motifs is 2. The van der Waals surface area contributed by atoms with Crippen LogP contribution >= 0.6 is 0 Å². The molecule has 2 aliphatic heterocycles. The van der Waals surface area contributed by atoms with Crippen molar-refractivity contribution < 1.29 is 19.4 Å². The number of carboxylic acids is 1. The minimum absolute atomic E-state index is 0.0751. The van der Waals surface area contributed by atoms with Crippen LogP contribution < -0.4 is 4.74 Å². The predicted molar refractivity (Wildman–Crippen MR) is 67.4 cm³/mol. The van der Waals surface area contributed by atoms with Crippen molar-refractivity contribution in [2.75, 3.05) is 13.7 Å². The first-order chi connectivity index (χ1) is 9.13. The number of benzene rings is 1. The maximum atomic E-state index is 12.4. The molecule has 0 saturated carbocycles. The van der Waals surface area contributed by atoms with Crippen molar-refractivity contribution >= 4 is 11.9 Å². The molecule has 1 amide bonds. The summed E-state index contributed by atoms with van der Waals surface area (Å²) in [6.45, 7) is 0.643. The third kappa shape index (κ3) is 1.69. The summed E-state index contributed by atoms with van der Waals surface area (Å²) in [7, 11) is 1.53. The number of amides is 1. The predicted octanol–water partition coefficient (Wildman–Crippen LogP) is 1.48. The lowest BCUT2D eigenvalue weighted by Gasteiger charge is -2.35. The molecular weight excluding hydrogens is 246 g/mol. The van der Waals surface area contributed by atoms with Crippen molar-refractivity contribution in [1.29, 1.82) is 0 Å². The smallest absolute Gasteiger partial charge is 0.313 e. The molecule has 0 radical (unpaired) electrons. The fourth-order valence-electron chi connectivity index (χ4n) is 3.17. The highest BCUT2D eigenvalue weighted by Gasteiger charge is 2.45. The Kier molecular flexibility index (Phi) is 2.69. The van der Waals surface area contributed by atoms with Crippen molar-refractivity contribution in [2.45, 2.75) is 24.8 Å². The van der Waals surface area contributed by atoms with Gasteiger partial charge >= 0.3 is 5.97 Å². The molecule has 1 N–H and O–H groups in total. The molecule has 5 heteroatoms. The van der Waals surface area contributed by atoms with Gasteiger partial charge in [0.25, 0.3) is 5.91 Å². The molecule has 3 rings (SSSR count). The first-order valence-corrected chi connectivity index (χ1v) is 6.35. The van der Waals surface area contributed by atoms with E-state index in [4.69, 9.17) is 4.74 Å². The van der Waals surface area contributed by atoms with Gasteiger partial charge in [0.15, 0.2) is 0 Å². The van der Waals surface area contributed by atoms with E-state index in [9.17, 15) is 14.7 Å². The second kappa shape index (κ2) is 4.26. The molecule has 0 bridgehead atoms. The zero-order valence-electron chi connectivity index (χ0n) is 10.6. The zero-order chi connectivity index (χ0) is 13.6. The van der Waals surface area contributed by atoms with Crippen molar-refractivity contribution in [1.82, 2.24) is 4.90 Å². The monoisotopic (exact) mass is 261 g/mol. The second-order valence-corrected chi connectivity index (χ2v) is 4.98. The highest BCUT2D eigenvalue weighted by atomic mass is 16.5. The number of carboxylic acid groups (broad SMARTS) is 1. The van der Waals surface area contributed by atoms with Crippen LogP contribution in [0.25, 0.3) is 0 Å². The number of hydrogen-bond donors (Lipinski definition) is 1. The van der Waals surface area contributed by atoms with Crippen LogP contribution in [0.2, 0.25) is 0 Å². The second-order valence-electron chi connectivity index (χ2n) is 4.98.